The lowest BCUT2D eigenvalue weighted by Crippen LogP contribution is -2.36. The smallest absolute Gasteiger partial charge is 0.248 e. The van der Waals surface area contributed by atoms with E-state index in [0.717, 1.165) is 0 Å². The van der Waals surface area contributed by atoms with Gasteiger partial charge in [0.15, 0.2) is 0 Å². The molecule has 0 spiro atoms. The number of carbonyl (C=O) groups is 1. The Morgan fingerprint density at radius 2 is 1.68 bits per heavy atom. The molecule has 0 aromatic heterocycles. The Labute approximate surface area is 111 Å². The molecule has 2 aromatic carbocycles. The number of nitrogens with two attached hydrogens (primary N) is 1. The third kappa shape index (κ3) is 2.80. The fourth-order valence-electron chi connectivity index (χ4n) is 1.85. The van der Waals surface area contributed by atoms with Gasteiger partial charge in [0.25, 0.3) is 0 Å². The van der Waals surface area contributed by atoms with Crippen molar-refractivity contribution in [3.63, 3.8) is 0 Å². The Morgan fingerprint density at radius 3 is 2.32 bits per heavy atom. The summed E-state index contributed by atoms with van der Waals surface area (Å²) < 4.78 is 13.6. The third-order valence-corrected chi connectivity index (χ3v) is 2.97. The second-order valence-corrected chi connectivity index (χ2v) is 4.24. The number of hydrogen-bond acceptors (Lipinski definition) is 2. The van der Waals surface area contributed by atoms with E-state index in [-0.39, 0.29) is 11.6 Å². The van der Waals surface area contributed by atoms with Gasteiger partial charge in [-0.05, 0) is 17.7 Å². The molecule has 0 unspecified atom stereocenters. The molecule has 98 valence electrons. The molecule has 2 aromatic rings. The summed E-state index contributed by atoms with van der Waals surface area (Å²) in [6.07, 6.45) is 0. The lowest BCUT2D eigenvalue weighted by molar-refractivity contribution is -0.119. The summed E-state index contributed by atoms with van der Waals surface area (Å²) in [5, 5.41) is 0. The van der Waals surface area contributed by atoms with Crippen LogP contribution in [0.1, 0.15) is 11.6 Å². The van der Waals surface area contributed by atoms with Crippen LogP contribution in [-0.2, 0) is 4.79 Å². The van der Waals surface area contributed by atoms with E-state index in [9.17, 15) is 9.18 Å². The van der Waals surface area contributed by atoms with Gasteiger partial charge in [0.05, 0.1) is 5.69 Å². The number of amides is 1. The highest BCUT2D eigenvalue weighted by atomic mass is 19.1. The van der Waals surface area contributed by atoms with Gasteiger partial charge >= 0.3 is 0 Å². The summed E-state index contributed by atoms with van der Waals surface area (Å²) in [4.78, 5) is 13.5. The first kappa shape index (κ1) is 13.2. The van der Waals surface area contributed by atoms with Gasteiger partial charge in [0.2, 0.25) is 5.91 Å². The molecule has 4 heteroatoms. The SMILES string of the molecule is CN(C(=O)[C@H](N)c1ccccc1)c1ccccc1F. The normalized spacial score (nSPS) is 11.9. The summed E-state index contributed by atoms with van der Waals surface area (Å²) in [6.45, 7) is 0. The van der Waals surface area contributed by atoms with Crippen LogP contribution in [0.4, 0.5) is 10.1 Å². The highest BCUT2D eigenvalue weighted by molar-refractivity contribution is 5.97. The number of nitrogens with zero attached hydrogens (tertiary/aromatic N) is 1. The van der Waals surface area contributed by atoms with E-state index in [0.29, 0.717) is 5.56 Å². The van der Waals surface area contributed by atoms with Crippen LogP contribution in [-0.4, -0.2) is 13.0 Å². The molecule has 0 heterocycles. The Bertz CT molecular complexity index is 571. The summed E-state index contributed by atoms with van der Waals surface area (Å²) in [5.74, 6) is -0.796. The largest absolute Gasteiger partial charge is 0.316 e. The third-order valence-electron chi connectivity index (χ3n) is 2.97. The molecule has 0 bridgehead atoms. The number of rotatable bonds is 3. The van der Waals surface area contributed by atoms with Crippen molar-refractivity contribution in [3.05, 3.63) is 66.0 Å². The molecule has 2 rings (SSSR count). The average Bonchev–Trinajstić information content (AvgIpc) is 2.46. The van der Waals surface area contributed by atoms with E-state index in [2.05, 4.69) is 0 Å². The fourth-order valence-corrected chi connectivity index (χ4v) is 1.85. The first-order chi connectivity index (χ1) is 9.11. The zero-order valence-corrected chi connectivity index (χ0v) is 10.6. The molecule has 1 amide bonds. The van der Waals surface area contributed by atoms with E-state index < -0.39 is 11.9 Å². The monoisotopic (exact) mass is 258 g/mol. The van der Waals surface area contributed by atoms with Crippen molar-refractivity contribution >= 4 is 11.6 Å². The Morgan fingerprint density at radius 1 is 1.11 bits per heavy atom. The molecule has 0 aliphatic carbocycles. The molecule has 0 fully saturated rings. The van der Waals surface area contributed by atoms with Crippen molar-refractivity contribution in [2.24, 2.45) is 5.73 Å². The topological polar surface area (TPSA) is 46.3 Å². The van der Waals surface area contributed by atoms with Crippen molar-refractivity contribution in [2.75, 3.05) is 11.9 Å². The molecule has 3 nitrogen and oxygen atoms in total. The Hall–Kier alpha value is -2.20. The van der Waals surface area contributed by atoms with Crippen molar-refractivity contribution in [2.45, 2.75) is 6.04 Å². The van der Waals surface area contributed by atoms with Gasteiger partial charge in [-0.3, -0.25) is 4.79 Å². The molecule has 19 heavy (non-hydrogen) atoms. The summed E-state index contributed by atoms with van der Waals surface area (Å²) >= 11 is 0. The van der Waals surface area contributed by atoms with Crippen LogP contribution in [0.15, 0.2) is 54.6 Å². The van der Waals surface area contributed by atoms with E-state index in [1.54, 1.807) is 30.3 Å². The van der Waals surface area contributed by atoms with Crippen LogP contribution in [0, 0.1) is 5.82 Å². The van der Waals surface area contributed by atoms with Crippen molar-refractivity contribution < 1.29 is 9.18 Å². The van der Waals surface area contributed by atoms with Gasteiger partial charge in [0, 0.05) is 7.05 Å². The van der Waals surface area contributed by atoms with E-state index in [4.69, 9.17) is 5.73 Å². The van der Waals surface area contributed by atoms with Gasteiger partial charge in [-0.2, -0.15) is 0 Å². The van der Waals surface area contributed by atoms with Crippen LogP contribution in [0.5, 0.6) is 0 Å². The summed E-state index contributed by atoms with van der Waals surface area (Å²) in [5.41, 5.74) is 6.84. The van der Waals surface area contributed by atoms with Gasteiger partial charge < -0.3 is 10.6 Å². The molecule has 1 atom stereocenters. The molecule has 0 radical (unpaired) electrons. The first-order valence-electron chi connectivity index (χ1n) is 5.94. The number of para-hydroxylation sites is 1. The van der Waals surface area contributed by atoms with E-state index in [1.165, 1.54) is 18.0 Å². The predicted molar refractivity (Wildman–Crippen MR) is 73.2 cm³/mol. The first-order valence-corrected chi connectivity index (χ1v) is 5.94. The summed E-state index contributed by atoms with van der Waals surface area (Å²) in [6, 6.07) is 14.3. The van der Waals surface area contributed by atoms with Crippen LogP contribution in [0.25, 0.3) is 0 Å². The van der Waals surface area contributed by atoms with Gasteiger partial charge in [-0.15, -0.1) is 0 Å². The minimum Gasteiger partial charge on any atom is -0.316 e. The molecule has 0 saturated carbocycles. The van der Waals surface area contributed by atoms with Crippen LogP contribution in [0.3, 0.4) is 0 Å². The van der Waals surface area contributed by atoms with Crippen molar-refractivity contribution in [1.82, 2.24) is 0 Å². The molecule has 0 saturated heterocycles. The number of hydrogen-bond donors (Lipinski definition) is 1. The van der Waals surface area contributed by atoms with Crippen molar-refractivity contribution in [1.29, 1.82) is 0 Å². The number of anilines is 1. The number of halogens is 1. The molecule has 0 aliphatic rings. The number of carbonyl (C=O) groups excluding carboxylic acids is 1. The Kier molecular flexibility index (Phi) is 3.92. The number of benzene rings is 2. The fraction of sp³-hybridized carbons (Fsp3) is 0.133. The minimum atomic E-state index is -0.800. The maximum Gasteiger partial charge on any atom is 0.248 e. The van der Waals surface area contributed by atoms with Gasteiger partial charge in [-0.1, -0.05) is 42.5 Å². The second kappa shape index (κ2) is 5.63. The zero-order chi connectivity index (χ0) is 13.8. The van der Waals surface area contributed by atoms with Crippen LogP contribution in [0.2, 0.25) is 0 Å². The highest BCUT2D eigenvalue weighted by Gasteiger charge is 2.22. The second-order valence-electron chi connectivity index (χ2n) is 4.24. The lowest BCUT2D eigenvalue weighted by Gasteiger charge is -2.22. The molecule has 0 aliphatic heterocycles. The van der Waals surface area contributed by atoms with Gasteiger partial charge in [-0.25, -0.2) is 4.39 Å². The van der Waals surface area contributed by atoms with Crippen molar-refractivity contribution in [3.8, 4) is 0 Å². The van der Waals surface area contributed by atoms with E-state index in [1.807, 2.05) is 18.2 Å². The molecule has 2 N–H and O–H groups in total. The average molecular weight is 258 g/mol. The minimum absolute atomic E-state index is 0.221. The number of likely N-dealkylation sites (N-methyl/N-ethyl adjacent to an activating group) is 1. The maximum absolute atomic E-state index is 13.6. The van der Waals surface area contributed by atoms with Gasteiger partial charge in [0.1, 0.15) is 11.9 Å². The Balaban J connectivity index is 2.23. The predicted octanol–water partition coefficient (Wildman–Crippen LogP) is 2.49. The molecular formula is C15H15FN2O. The summed E-state index contributed by atoms with van der Waals surface area (Å²) in [7, 11) is 1.52. The quantitative estimate of drug-likeness (QED) is 0.919. The maximum atomic E-state index is 13.6. The van der Waals surface area contributed by atoms with Crippen LogP contribution < -0.4 is 10.6 Å². The van der Waals surface area contributed by atoms with Crippen LogP contribution >= 0.6 is 0 Å². The standard InChI is InChI=1S/C15H15FN2O/c1-18(13-10-6-5-9-12(13)16)15(19)14(17)11-7-3-2-4-8-11/h2-10,14H,17H2,1H3/t14-/m1/s1. The lowest BCUT2D eigenvalue weighted by atomic mass is 10.1. The van der Waals surface area contributed by atoms with E-state index >= 15 is 0 Å². The molecular weight excluding hydrogens is 243 g/mol. The highest BCUT2D eigenvalue weighted by Crippen LogP contribution is 2.21. The zero-order valence-electron chi connectivity index (χ0n) is 10.6.